The minimum Gasteiger partial charge on any atom is -0.481 e. The standard InChI is InChI=1S/C14H24N2O4/c1-13(20)5-4-8-16(10-13)12(19)15-9-14(11(17)18)6-2-3-7-14/h20H,2-10H2,1H3,(H,15,19)(H,17,18). The summed E-state index contributed by atoms with van der Waals surface area (Å²) >= 11 is 0. The van der Waals surface area contributed by atoms with Crippen molar-refractivity contribution in [3.05, 3.63) is 0 Å². The van der Waals surface area contributed by atoms with Gasteiger partial charge >= 0.3 is 12.0 Å². The highest BCUT2D eigenvalue weighted by molar-refractivity contribution is 5.78. The molecule has 3 N–H and O–H groups in total. The number of amides is 2. The third-order valence-electron chi connectivity index (χ3n) is 4.55. The van der Waals surface area contributed by atoms with Gasteiger partial charge in [-0.2, -0.15) is 0 Å². The average Bonchev–Trinajstić information content (AvgIpc) is 2.85. The molecule has 1 heterocycles. The molecule has 1 atom stereocenters. The molecule has 0 aromatic rings. The molecule has 2 fully saturated rings. The SMILES string of the molecule is CC1(O)CCCN(C(=O)NCC2(C(=O)O)CCCC2)C1. The maximum Gasteiger partial charge on any atom is 0.317 e. The van der Waals surface area contributed by atoms with Crippen molar-refractivity contribution >= 4 is 12.0 Å². The van der Waals surface area contributed by atoms with Crippen LogP contribution in [-0.4, -0.2) is 52.3 Å². The van der Waals surface area contributed by atoms with Crippen molar-refractivity contribution in [2.24, 2.45) is 5.41 Å². The average molecular weight is 284 g/mol. The van der Waals surface area contributed by atoms with Gasteiger partial charge < -0.3 is 20.4 Å². The summed E-state index contributed by atoms with van der Waals surface area (Å²) in [4.78, 5) is 25.1. The summed E-state index contributed by atoms with van der Waals surface area (Å²) in [6.45, 7) is 2.82. The molecule has 1 unspecified atom stereocenters. The topological polar surface area (TPSA) is 89.9 Å². The highest BCUT2D eigenvalue weighted by Crippen LogP contribution is 2.37. The Balaban J connectivity index is 1.90. The van der Waals surface area contributed by atoms with Gasteiger partial charge in [0.05, 0.1) is 17.6 Å². The zero-order valence-corrected chi connectivity index (χ0v) is 12.0. The van der Waals surface area contributed by atoms with E-state index in [1.54, 1.807) is 11.8 Å². The second-order valence-electron chi connectivity index (χ2n) is 6.47. The van der Waals surface area contributed by atoms with Crippen LogP contribution in [0.4, 0.5) is 4.79 Å². The number of carbonyl (C=O) groups is 2. The Bertz CT molecular complexity index is 389. The molecule has 1 saturated heterocycles. The number of carboxylic acid groups (broad SMARTS) is 1. The van der Waals surface area contributed by atoms with Crippen LogP contribution in [0.25, 0.3) is 0 Å². The second-order valence-corrected chi connectivity index (χ2v) is 6.47. The molecule has 0 aromatic heterocycles. The van der Waals surface area contributed by atoms with E-state index in [0.29, 0.717) is 32.4 Å². The Morgan fingerprint density at radius 3 is 2.40 bits per heavy atom. The first-order chi connectivity index (χ1) is 9.35. The third kappa shape index (κ3) is 3.23. The first kappa shape index (κ1) is 15.1. The van der Waals surface area contributed by atoms with E-state index in [0.717, 1.165) is 19.3 Å². The number of nitrogens with one attached hydrogen (secondary N) is 1. The van der Waals surface area contributed by atoms with Crippen LogP contribution >= 0.6 is 0 Å². The van der Waals surface area contributed by atoms with Crippen LogP contribution in [0, 0.1) is 5.41 Å². The fourth-order valence-corrected chi connectivity index (χ4v) is 3.27. The zero-order chi connectivity index (χ0) is 14.8. The molecule has 114 valence electrons. The van der Waals surface area contributed by atoms with Crippen molar-refractivity contribution in [1.82, 2.24) is 10.2 Å². The predicted molar refractivity (Wildman–Crippen MR) is 73.4 cm³/mol. The summed E-state index contributed by atoms with van der Waals surface area (Å²) in [6, 6.07) is -0.266. The highest BCUT2D eigenvalue weighted by atomic mass is 16.4. The minimum atomic E-state index is -0.840. The number of piperidine rings is 1. The summed E-state index contributed by atoms with van der Waals surface area (Å²) in [5, 5.41) is 22.1. The van der Waals surface area contributed by atoms with Gasteiger partial charge in [0.1, 0.15) is 0 Å². The van der Waals surface area contributed by atoms with Crippen molar-refractivity contribution in [2.75, 3.05) is 19.6 Å². The van der Waals surface area contributed by atoms with Crippen molar-refractivity contribution in [2.45, 2.75) is 51.0 Å². The second kappa shape index (κ2) is 5.60. The van der Waals surface area contributed by atoms with Crippen LogP contribution in [0.5, 0.6) is 0 Å². The van der Waals surface area contributed by atoms with E-state index in [2.05, 4.69) is 5.32 Å². The van der Waals surface area contributed by atoms with Crippen molar-refractivity contribution < 1.29 is 19.8 Å². The first-order valence-electron chi connectivity index (χ1n) is 7.33. The van der Waals surface area contributed by atoms with Gasteiger partial charge in [-0.05, 0) is 32.6 Å². The molecule has 20 heavy (non-hydrogen) atoms. The summed E-state index contributed by atoms with van der Waals surface area (Å²) < 4.78 is 0. The maximum atomic E-state index is 12.1. The third-order valence-corrected chi connectivity index (χ3v) is 4.55. The summed E-state index contributed by atoms with van der Waals surface area (Å²) in [5.74, 6) is -0.819. The Kier molecular flexibility index (Phi) is 4.22. The van der Waals surface area contributed by atoms with E-state index in [1.165, 1.54) is 0 Å². The lowest BCUT2D eigenvalue weighted by Crippen LogP contribution is -2.53. The van der Waals surface area contributed by atoms with Gasteiger partial charge in [-0.15, -0.1) is 0 Å². The van der Waals surface area contributed by atoms with Gasteiger partial charge in [-0.3, -0.25) is 4.79 Å². The molecule has 1 saturated carbocycles. The lowest BCUT2D eigenvalue weighted by molar-refractivity contribution is -0.148. The number of β-amino-alcohol motifs (C(OH)–C–C–N with tert-alkyl or cyclic N) is 1. The maximum absolute atomic E-state index is 12.1. The van der Waals surface area contributed by atoms with Crippen LogP contribution < -0.4 is 5.32 Å². The zero-order valence-electron chi connectivity index (χ0n) is 12.0. The van der Waals surface area contributed by atoms with E-state index in [4.69, 9.17) is 0 Å². The van der Waals surface area contributed by atoms with E-state index >= 15 is 0 Å². The van der Waals surface area contributed by atoms with Crippen LogP contribution in [0.2, 0.25) is 0 Å². The largest absolute Gasteiger partial charge is 0.481 e. The molecular weight excluding hydrogens is 260 g/mol. The van der Waals surface area contributed by atoms with Crippen LogP contribution in [-0.2, 0) is 4.79 Å². The Morgan fingerprint density at radius 1 is 1.20 bits per heavy atom. The van der Waals surface area contributed by atoms with E-state index in [-0.39, 0.29) is 12.6 Å². The smallest absolute Gasteiger partial charge is 0.317 e. The first-order valence-corrected chi connectivity index (χ1v) is 7.33. The number of hydrogen-bond acceptors (Lipinski definition) is 3. The molecule has 0 spiro atoms. The molecule has 6 nitrogen and oxygen atoms in total. The molecule has 2 rings (SSSR count). The normalized spacial score (nSPS) is 29.2. The lowest BCUT2D eigenvalue weighted by atomic mass is 9.86. The Morgan fingerprint density at radius 2 is 1.85 bits per heavy atom. The highest BCUT2D eigenvalue weighted by Gasteiger charge is 2.42. The summed E-state index contributed by atoms with van der Waals surface area (Å²) in [6.07, 6.45) is 4.52. The predicted octanol–water partition coefficient (Wildman–Crippen LogP) is 1.19. The Hall–Kier alpha value is -1.30. The van der Waals surface area contributed by atoms with Crippen LogP contribution in [0.1, 0.15) is 45.4 Å². The minimum absolute atomic E-state index is 0.180. The van der Waals surface area contributed by atoms with Crippen molar-refractivity contribution in [3.63, 3.8) is 0 Å². The number of urea groups is 1. The molecular formula is C14H24N2O4. The van der Waals surface area contributed by atoms with Crippen molar-refractivity contribution in [3.8, 4) is 0 Å². The quantitative estimate of drug-likeness (QED) is 0.726. The van der Waals surface area contributed by atoms with E-state index < -0.39 is 17.0 Å². The van der Waals surface area contributed by atoms with Crippen LogP contribution in [0.15, 0.2) is 0 Å². The van der Waals surface area contributed by atoms with Gasteiger partial charge in [-0.25, -0.2) is 4.79 Å². The monoisotopic (exact) mass is 284 g/mol. The lowest BCUT2D eigenvalue weighted by Gasteiger charge is -2.37. The molecule has 0 aromatic carbocycles. The van der Waals surface area contributed by atoms with Gasteiger partial charge in [0, 0.05) is 13.1 Å². The number of nitrogens with zero attached hydrogens (tertiary/aromatic N) is 1. The molecule has 0 radical (unpaired) electrons. The van der Waals surface area contributed by atoms with E-state index in [1.807, 2.05) is 0 Å². The number of likely N-dealkylation sites (tertiary alicyclic amines) is 1. The number of aliphatic carboxylic acids is 1. The van der Waals surface area contributed by atoms with Crippen molar-refractivity contribution in [1.29, 1.82) is 0 Å². The molecule has 6 heteroatoms. The van der Waals surface area contributed by atoms with Gasteiger partial charge in [-0.1, -0.05) is 12.8 Å². The van der Waals surface area contributed by atoms with Gasteiger partial charge in [0.25, 0.3) is 0 Å². The van der Waals surface area contributed by atoms with Gasteiger partial charge in [0.2, 0.25) is 0 Å². The molecule has 2 aliphatic rings. The number of carboxylic acids is 1. The molecule has 2 amide bonds. The number of aliphatic hydroxyl groups is 1. The summed E-state index contributed by atoms with van der Waals surface area (Å²) in [5.41, 5.74) is -1.64. The number of hydrogen-bond donors (Lipinski definition) is 3. The van der Waals surface area contributed by atoms with Gasteiger partial charge in [0.15, 0.2) is 0 Å². The Labute approximate surface area is 119 Å². The molecule has 0 bridgehead atoms. The number of carbonyl (C=O) groups excluding carboxylic acids is 1. The van der Waals surface area contributed by atoms with E-state index in [9.17, 15) is 19.8 Å². The fraction of sp³-hybridized carbons (Fsp3) is 0.857. The number of rotatable bonds is 3. The fourth-order valence-electron chi connectivity index (χ4n) is 3.27. The van der Waals surface area contributed by atoms with Crippen LogP contribution in [0.3, 0.4) is 0 Å². The summed E-state index contributed by atoms with van der Waals surface area (Å²) in [7, 11) is 0. The molecule has 1 aliphatic heterocycles. The molecule has 1 aliphatic carbocycles.